The monoisotopic (exact) mass is 285 g/mol. The highest BCUT2D eigenvalue weighted by Gasteiger charge is 2.23. The molecule has 18 heavy (non-hydrogen) atoms. The number of para-hydroxylation sites is 1. The van der Waals surface area contributed by atoms with E-state index in [9.17, 15) is 5.11 Å². The first-order chi connectivity index (χ1) is 8.72. The van der Waals surface area contributed by atoms with Crippen LogP contribution in [0.15, 0.2) is 18.2 Å². The summed E-state index contributed by atoms with van der Waals surface area (Å²) in [5.74, 6) is 0.211. The van der Waals surface area contributed by atoms with Crippen molar-refractivity contribution in [1.29, 1.82) is 0 Å². The predicted molar refractivity (Wildman–Crippen MR) is 79.5 cm³/mol. The van der Waals surface area contributed by atoms with E-state index < -0.39 is 0 Å². The number of aromatic hydroxyl groups is 1. The van der Waals surface area contributed by atoms with Gasteiger partial charge in [0, 0.05) is 23.4 Å². The van der Waals surface area contributed by atoms with Gasteiger partial charge in [0.05, 0.1) is 5.02 Å². The molecule has 0 radical (unpaired) electrons. The fourth-order valence-electron chi connectivity index (χ4n) is 2.56. The van der Waals surface area contributed by atoms with Crippen LogP contribution in [-0.4, -0.2) is 22.7 Å². The summed E-state index contributed by atoms with van der Waals surface area (Å²) in [6.07, 6.45) is 7.34. The maximum absolute atomic E-state index is 9.87. The van der Waals surface area contributed by atoms with Crippen LogP contribution in [0.3, 0.4) is 0 Å². The molecule has 2 atom stereocenters. The van der Waals surface area contributed by atoms with Crippen LogP contribution in [0.4, 0.5) is 0 Å². The summed E-state index contributed by atoms with van der Waals surface area (Å²) in [6.45, 7) is 0.689. The van der Waals surface area contributed by atoms with Crippen LogP contribution >= 0.6 is 23.4 Å². The van der Waals surface area contributed by atoms with E-state index in [1.165, 1.54) is 25.7 Å². The second-order valence-electron chi connectivity index (χ2n) is 4.79. The highest BCUT2D eigenvalue weighted by molar-refractivity contribution is 7.99. The third-order valence-corrected chi connectivity index (χ3v) is 5.11. The van der Waals surface area contributed by atoms with Gasteiger partial charge in [-0.3, -0.25) is 0 Å². The summed E-state index contributed by atoms with van der Waals surface area (Å²) < 4.78 is 0. The highest BCUT2D eigenvalue weighted by Crippen LogP contribution is 2.29. The highest BCUT2D eigenvalue weighted by atomic mass is 35.5. The number of hydrogen-bond donors (Lipinski definition) is 2. The Balaban J connectivity index is 1.96. The Hall–Kier alpha value is -0.380. The molecule has 0 saturated heterocycles. The number of thioether (sulfide) groups is 1. The Labute approximate surface area is 118 Å². The van der Waals surface area contributed by atoms with Crippen molar-refractivity contribution in [2.45, 2.75) is 43.5 Å². The molecule has 2 rings (SSSR count). The molecule has 100 valence electrons. The van der Waals surface area contributed by atoms with Gasteiger partial charge in [0.15, 0.2) is 0 Å². The van der Waals surface area contributed by atoms with Crippen molar-refractivity contribution in [1.82, 2.24) is 5.32 Å². The molecular weight excluding hydrogens is 266 g/mol. The Kier molecular flexibility index (Phi) is 5.22. The second kappa shape index (κ2) is 6.69. The lowest BCUT2D eigenvalue weighted by molar-refractivity contribution is 0.379. The standard InChI is InChI=1S/C14H20ClNOS/c1-18-13-8-3-2-7-12(13)16-9-10-5-4-6-11(15)14(10)17/h4-6,12-13,16-17H,2-3,7-9H2,1H3. The molecule has 1 fully saturated rings. The Morgan fingerprint density at radius 1 is 1.39 bits per heavy atom. The van der Waals surface area contributed by atoms with Crippen LogP contribution < -0.4 is 5.32 Å². The van der Waals surface area contributed by atoms with Crippen molar-refractivity contribution in [3.05, 3.63) is 28.8 Å². The fraction of sp³-hybridized carbons (Fsp3) is 0.571. The Bertz CT molecular complexity index is 399. The number of halogens is 1. The van der Waals surface area contributed by atoms with E-state index in [4.69, 9.17) is 11.6 Å². The molecular formula is C14H20ClNOS. The summed E-state index contributed by atoms with van der Waals surface area (Å²) in [6, 6.07) is 6.06. The third kappa shape index (κ3) is 3.34. The van der Waals surface area contributed by atoms with Gasteiger partial charge in [0.25, 0.3) is 0 Å². The number of hydrogen-bond acceptors (Lipinski definition) is 3. The quantitative estimate of drug-likeness (QED) is 0.882. The number of nitrogens with one attached hydrogen (secondary N) is 1. The zero-order chi connectivity index (χ0) is 13.0. The molecule has 0 bridgehead atoms. The molecule has 0 aromatic heterocycles. The van der Waals surface area contributed by atoms with Crippen LogP contribution in [0.5, 0.6) is 5.75 Å². The van der Waals surface area contributed by atoms with Gasteiger partial charge in [-0.05, 0) is 25.2 Å². The molecule has 1 saturated carbocycles. The molecule has 4 heteroatoms. The first-order valence-corrected chi connectivity index (χ1v) is 8.11. The summed E-state index contributed by atoms with van der Waals surface area (Å²) in [7, 11) is 0. The smallest absolute Gasteiger partial charge is 0.138 e. The van der Waals surface area contributed by atoms with Gasteiger partial charge >= 0.3 is 0 Å². The molecule has 0 amide bonds. The topological polar surface area (TPSA) is 32.3 Å². The predicted octanol–water partition coefficient (Wildman–Crippen LogP) is 3.81. The number of rotatable bonds is 4. The molecule has 0 spiro atoms. The van der Waals surface area contributed by atoms with Gasteiger partial charge < -0.3 is 10.4 Å². The SMILES string of the molecule is CSC1CCCCC1NCc1cccc(Cl)c1O. The minimum atomic E-state index is 0.211. The van der Waals surface area contributed by atoms with E-state index in [-0.39, 0.29) is 5.75 Å². The molecule has 2 nitrogen and oxygen atoms in total. The lowest BCUT2D eigenvalue weighted by Gasteiger charge is -2.31. The van der Waals surface area contributed by atoms with Crippen molar-refractivity contribution < 1.29 is 5.11 Å². The average Bonchev–Trinajstić information content (AvgIpc) is 2.41. The second-order valence-corrected chi connectivity index (χ2v) is 6.28. The van der Waals surface area contributed by atoms with Crippen LogP contribution in [-0.2, 0) is 6.54 Å². The maximum Gasteiger partial charge on any atom is 0.138 e. The van der Waals surface area contributed by atoms with Crippen molar-refractivity contribution in [2.75, 3.05) is 6.26 Å². The summed E-state index contributed by atoms with van der Waals surface area (Å²) >= 11 is 7.85. The Morgan fingerprint density at radius 2 is 2.17 bits per heavy atom. The molecule has 1 aromatic carbocycles. The zero-order valence-corrected chi connectivity index (χ0v) is 12.2. The minimum absolute atomic E-state index is 0.211. The largest absolute Gasteiger partial charge is 0.506 e. The van der Waals surface area contributed by atoms with Gasteiger partial charge in [0.2, 0.25) is 0 Å². The minimum Gasteiger partial charge on any atom is -0.506 e. The van der Waals surface area contributed by atoms with Gasteiger partial charge in [-0.1, -0.05) is 36.6 Å². The maximum atomic E-state index is 9.87. The lowest BCUT2D eigenvalue weighted by Crippen LogP contribution is -2.39. The Morgan fingerprint density at radius 3 is 2.94 bits per heavy atom. The van der Waals surface area contributed by atoms with Gasteiger partial charge in [-0.15, -0.1) is 0 Å². The van der Waals surface area contributed by atoms with E-state index in [0.717, 1.165) is 5.56 Å². The van der Waals surface area contributed by atoms with Gasteiger partial charge in [-0.25, -0.2) is 0 Å². The van der Waals surface area contributed by atoms with E-state index in [0.29, 0.717) is 22.9 Å². The summed E-state index contributed by atoms with van der Waals surface area (Å²) in [5, 5.41) is 14.6. The molecule has 1 aliphatic carbocycles. The molecule has 1 aromatic rings. The zero-order valence-electron chi connectivity index (χ0n) is 10.7. The summed E-state index contributed by atoms with van der Waals surface area (Å²) in [4.78, 5) is 0. The van der Waals surface area contributed by atoms with Crippen molar-refractivity contribution in [3.8, 4) is 5.75 Å². The van der Waals surface area contributed by atoms with E-state index >= 15 is 0 Å². The van der Waals surface area contributed by atoms with Crippen LogP contribution in [0.25, 0.3) is 0 Å². The molecule has 2 unspecified atom stereocenters. The van der Waals surface area contributed by atoms with Gasteiger partial charge in [0.1, 0.15) is 5.75 Å². The van der Waals surface area contributed by atoms with E-state index in [1.54, 1.807) is 6.07 Å². The van der Waals surface area contributed by atoms with E-state index in [2.05, 4.69) is 11.6 Å². The van der Waals surface area contributed by atoms with E-state index in [1.807, 2.05) is 23.9 Å². The molecule has 2 N–H and O–H groups in total. The average molecular weight is 286 g/mol. The van der Waals surface area contributed by atoms with Crippen molar-refractivity contribution >= 4 is 23.4 Å². The third-order valence-electron chi connectivity index (χ3n) is 3.63. The van der Waals surface area contributed by atoms with Crippen LogP contribution in [0, 0.1) is 0 Å². The lowest BCUT2D eigenvalue weighted by atomic mass is 9.94. The fourth-order valence-corrected chi connectivity index (χ4v) is 3.71. The van der Waals surface area contributed by atoms with Crippen LogP contribution in [0.2, 0.25) is 5.02 Å². The number of phenolic OH excluding ortho intramolecular Hbond substituents is 1. The molecule has 1 aliphatic rings. The normalized spacial score (nSPS) is 24.1. The molecule has 0 heterocycles. The summed E-state index contributed by atoms with van der Waals surface area (Å²) in [5.41, 5.74) is 0.882. The van der Waals surface area contributed by atoms with Gasteiger partial charge in [-0.2, -0.15) is 11.8 Å². The first kappa shape index (κ1) is 14.0. The van der Waals surface area contributed by atoms with Crippen molar-refractivity contribution in [2.24, 2.45) is 0 Å². The van der Waals surface area contributed by atoms with Crippen molar-refractivity contribution in [3.63, 3.8) is 0 Å². The number of phenols is 1. The number of benzene rings is 1. The van der Waals surface area contributed by atoms with Crippen LogP contribution in [0.1, 0.15) is 31.2 Å². The first-order valence-electron chi connectivity index (χ1n) is 6.45. The molecule has 0 aliphatic heterocycles.